The molecule has 2 aliphatic rings. The number of ether oxygens (including phenoxy) is 2. The summed E-state index contributed by atoms with van der Waals surface area (Å²) in [6.07, 6.45) is 9.95. The van der Waals surface area contributed by atoms with Crippen LogP contribution in [0.2, 0.25) is 0 Å². The summed E-state index contributed by atoms with van der Waals surface area (Å²) in [4.78, 5) is 27.3. The standard InChI is InChI=1S/C29H36N4O4/c1-6-9-21(7-2)33-27-22-15-20(14-18(3)4)24(36-5)16-25(22)37-17-23(27)26(31-33)29(35)32-12-8-10-19(11-13-32)28(30)34/h6-7,9,14-16,19H,8,10-13,17H2,1-5H3,(H2,30,34)/b9-6-,21-7+. The molecule has 2 aromatic rings. The Labute approximate surface area is 218 Å². The molecule has 2 amide bonds. The Morgan fingerprint density at radius 1 is 1.19 bits per heavy atom. The van der Waals surface area contributed by atoms with Gasteiger partial charge in [0.05, 0.1) is 18.5 Å². The largest absolute Gasteiger partial charge is 0.496 e. The summed E-state index contributed by atoms with van der Waals surface area (Å²) in [5.41, 5.74) is 11.3. The SMILES string of the molecule is C/C=C\C(=C/C)n1nc(C(=O)N2CCCC(C(N)=O)CC2)c2c1-c1cc(C=C(C)C)c(OC)cc1OC2. The molecule has 8 heteroatoms. The Hall–Kier alpha value is -3.81. The topological polar surface area (TPSA) is 99.7 Å². The van der Waals surface area contributed by atoms with Crippen LogP contribution in [0.4, 0.5) is 0 Å². The van der Waals surface area contributed by atoms with E-state index in [0.29, 0.717) is 37.4 Å². The van der Waals surface area contributed by atoms with Crippen molar-refractivity contribution in [2.45, 2.75) is 53.6 Å². The monoisotopic (exact) mass is 504 g/mol. The van der Waals surface area contributed by atoms with Gasteiger partial charge in [-0.2, -0.15) is 5.10 Å². The van der Waals surface area contributed by atoms with E-state index in [-0.39, 0.29) is 24.3 Å². The van der Waals surface area contributed by atoms with Gasteiger partial charge in [0.1, 0.15) is 18.1 Å². The van der Waals surface area contributed by atoms with Crippen LogP contribution in [0, 0.1) is 5.92 Å². The van der Waals surface area contributed by atoms with E-state index >= 15 is 0 Å². The maximum absolute atomic E-state index is 13.8. The lowest BCUT2D eigenvalue weighted by atomic mass is 9.98. The van der Waals surface area contributed by atoms with Crippen molar-refractivity contribution in [2.75, 3.05) is 20.2 Å². The van der Waals surface area contributed by atoms with Gasteiger partial charge in [-0.25, -0.2) is 4.68 Å². The van der Waals surface area contributed by atoms with Gasteiger partial charge in [0.2, 0.25) is 5.91 Å². The highest BCUT2D eigenvalue weighted by molar-refractivity contribution is 5.97. The number of nitrogens with zero attached hydrogens (tertiary/aromatic N) is 3. The number of carbonyl (C=O) groups excluding carboxylic acids is 2. The summed E-state index contributed by atoms with van der Waals surface area (Å²) in [5, 5.41) is 4.86. The quantitative estimate of drug-likeness (QED) is 0.556. The van der Waals surface area contributed by atoms with Gasteiger partial charge in [-0.1, -0.05) is 23.8 Å². The number of hydrogen-bond donors (Lipinski definition) is 1. The molecular weight excluding hydrogens is 468 g/mol. The molecule has 8 nitrogen and oxygen atoms in total. The van der Waals surface area contributed by atoms with Crippen LogP contribution in [0.5, 0.6) is 11.5 Å². The lowest BCUT2D eigenvalue weighted by Gasteiger charge is -2.23. The fourth-order valence-electron chi connectivity index (χ4n) is 5.05. The fourth-order valence-corrected chi connectivity index (χ4v) is 5.05. The number of primary amides is 1. The first kappa shape index (κ1) is 26.3. The minimum atomic E-state index is -0.298. The molecule has 0 spiro atoms. The maximum Gasteiger partial charge on any atom is 0.274 e. The molecule has 1 aromatic carbocycles. The molecule has 4 rings (SSSR count). The highest BCUT2D eigenvalue weighted by Crippen LogP contribution is 2.44. The van der Waals surface area contributed by atoms with Gasteiger partial charge in [0.25, 0.3) is 5.91 Å². The van der Waals surface area contributed by atoms with Gasteiger partial charge >= 0.3 is 0 Å². The smallest absolute Gasteiger partial charge is 0.274 e. The summed E-state index contributed by atoms with van der Waals surface area (Å²) < 4.78 is 13.6. The van der Waals surface area contributed by atoms with Gasteiger partial charge in [0.15, 0.2) is 5.69 Å². The van der Waals surface area contributed by atoms with Crippen molar-refractivity contribution in [3.63, 3.8) is 0 Å². The van der Waals surface area contributed by atoms with Crippen LogP contribution >= 0.6 is 0 Å². The average molecular weight is 505 g/mol. The summed E-state index contributed by atoms with van der Waals surface area (Å²) >= 11 is 0. The van der Waals surface area contributed by atoms with Gasteiger partial charge in [-0.15, -0.1) is 0 Å². The van der Waals surface area contributed by atoms with E-state index in [2.05, 4.69) is 6.08 Å². The van der Waals surface area contributed by atoms with Crippen molar-refractivity contribution < 1.29 is 19.1 Å². The maximum atomic E-state index is 13.8. The van der Waals surface area contributed by atoms with Crippen molar-refractivity contribution in [1.82, 2.24) is 14.7 Å². The molecule has 0 aliphatic carbocycles. The third-order valence-corrected chi connectivity index (χ3v) is 6.88. The van der Waals surface area contributed by atoms with E-state index in [9.17, 15) is 9.59 Å². The van der Waals surface area contributed by atoms with Gasteiger partial charge < -0.3 is 20.1 Å². The molecule has 196 valence electrons. The van der Waals surface area contributed by atoms with Crippen molar-refractivity contribution >= 4 is 23.6 Å². The van der Waals surface area contributed by atoms with E-state index in [1.165, 1.54) is 0 Å². The van der Waals surface area contributed by atoms with Crippen molar-refractivity contribution in [2.24, 2.45) is 11.7 Å². The van der Waals surface area contributed by atoms with Crippen LogP contribution < -0.4 is 15.2 Å². The van der Waals surface area contributed by atoms with E-state index in [0.717, 1.165) is 45.8 Å². The van der Waals surface area contributed by atoms with E-state index in [4.69, 9.17) is 20.3 Å². The molecule has 0 bridgehead atoms. The lowest BCUT2D eigenvalue weighted by molar-refractivity contribution is -0.122. The Bertz CT molecular complexity index is 1300. The predicted octanol–water partition coefficient (Wildman–Crippen LogP) is 5.04. The molecule has 1 fully saturated rings. The number of allylic oxidation sites excluding steroid dienone is 5. The molecule has 3 heterocycles. The summed E-state index contributed by atoms with van der Waals surface area (Å²) in [6.45, 7) is 9.23. The molecule has 2 aliphatic heterocycles. The molecule has 1 saturated heterocycles. The average Bonchev–Trinajstić information content (AvgIpc) is 3.07. The Kier molecular flexibility index (Phi) is 7.86. The lowest BCUT2D eigenvalue weighted by Crippen LogP contribution is -2.33. The predicted molar refractivity (Wildman–Crippen MR) is 145 cm³/mol. The summed E-state index contributed by atoms with van der Waals surface area (Å²) in [5.74, 6) is 0.755. The third kappa shape index (κ3) is 5.19. The van der Waals surface area contributed by atoms with Crippen LogP contribution in [0.1, 0.15) is 68.6 Å². The second-order valence-corrected chi connectivity index (χ2v) is 9.72. The number of methoxy groups -OCH3 is 1. The highest BCUT2D eigenvalue weighted by atomic mass is 16.5. The van der Waals surface area contributed by atoms with Crippen molar-refractivity contribution in [3.05, 3.63) is 52.8 Å². The Balaban J connectivity index is 1.86. The zero-order valence-corrected chi connectivity index (χ0v) is 22.3. The van der Waals surface area contributed by atoms with Crippen LogP contribution in [-0.4, -0.2) is 46.7 Å². The number of rotatable bonds is 6. The molecule has 1 atom stereocenters. The van der Waals surface area contributed by atoms with Crippen LogP contribution in [0.3, 0.4) is 0 Å². The normalized spacial score (nSPS) is 17.5. The van der Waals surface area contributed by atoms with E-state index in [1.807, 2.05) is 62.7 Å². The second-order valence-electron chi connectivity index (χ2n) is 9.72. The number of amides is 2. The molecule has 0 saturated carbocycles. The van der Waals surface area contributed by atoms with Crippen molar-refractivity contribution in [1.29, 1.82) is 0 Å². The Morgan fingerprint density at radius 3 is 2.62 bits per heavy atom. The zero-order valence-electron chi connectivity index (χ0n) is 22.3. The second kappa shape index (κ2) is 11.1. The molecule has 1 unspecified atom stereocenters. The number of nitrogens with two attached hydrogens (primary N) is 1. The number of carbonyl (C=O) groups is 2. The van der Waals surface area contributed by atoms with Crippen LogP contribution in [-0.2, 0) is 11.4 Å². The van der Waals surface area contributed by atoms with E-state index in [1.54, 1.807) is 12.0 Å². The molecule has 37 heavy (non-hydrogen) atoms. The van der Waals surface area contributed by atoms with Gasteiger partial charge in [-0.3, -0.25) is 9.59 Å². The van der Waals surface area contributed by atoms with Crippen molar-refractivity contribution in [3.8, 4) is 22.8 Å². The van der Waals surface area contributed by atoms with Gasteiger partial charge in [0, 0.05) is 41.8 Å². The number of aromatic nitrogens is 2. The molecule has 0 radical (unpaired) electrons. The first-order valence-corrected chi connectivity index (χ1v) is 12.8. The van der Waals surface area contributed by atoms with E-state index < -0.39 is 0 Å². The summed E-state index contributed by atoms with van der Waals surface area (Å²) in [7, 11) is 1.65. The van der Waals surface area contributed by atoms with Gasteiger partial charge in [-0.05, 0) is 59.1 Å². The third-order valence-electron chi connectivity index (χ3n) is 6.88. The Morgan fingerprint density at radius 2 is 1.97 bits per heavy atom. The molecule has 2 N–H and O–H groups in total. The number of fused-ring (bicyclic) bond motifs is 3. The molecular formula is C29H36N4O4. The first-order valence-electron chi connectivity index (χ1n) is 12.8. The highest BCUT2D eigenvalue weighted by Gasteiger charge is 2.34. The minimum Gasteiger partial charge on any atom is -0.496 e. The molecule has 1 aromatic heterocycles. The van der Waals surface area contributed by atoms with Crippen LogP contribution in [0.25, 0.3) is 23.0 Å². The number of benzene rings is 1. The summed E-state index contributed by atoms with van der Waals surface area (Å²) in [6, 6.07) is 3.94. The van der Waals surface area contributed by atoms with Crippen LogP contribution in [0.15, 0.2) is 35.9 Å². The number of hydrogen-bond acceptors (Lipinski definition) is 5. The minimum absolute atomic E-state index is 0.152. The number of likely N-dealkylation sites (tertiary alicyclic amines) is 1. The first-order chi connectivity index (χ1) is 17.8. The zero-order chi connectivity index (χ0) is 26.7. The fraction of sp³-hybridized carbons (Fsp3) is 0.414.